The Kier molecular flexibility index (Phi) is 4.20. The maximum absolute atomic E-state index is 12.1. The molecule has 0 saturated heterocycles. The summed E-state index contributed by atoms with van der Waals surface area (Å²) >= 11 is 0. The molecule has 1 unspecified atom stereocenters. The SMILES string of the molecule is COc1ccc(C(=O)NC(C)c2cccnc2)cc1O. The van der Waals surface area contributed by atoms with Crippen molar-refractivity contribution < 1.29 is 14.6 Å². The highest BCUT2D eigenvalue weighted by Gasteiger charge is 2.13. The second-order valence-corrected chi connectivity index (χ2v) is 4.37. The number of aromatic hydroxyl groups is 1. The third-order valence-electron chi connectivity index (χ3n) is 2.97. The number of carbonyl (C=O) groups excluding carboxylic acids is 1. The van der Waals surface area contributed by atoms with Crippen LogP contribution in [0.25, 0.3) is 0 Å². The second-order valence-electron chi connectivity index (χ2n) is 4.37. The number of rotatable bonds is 4. The van der Waals surface area contributed by atoms with E-state index in [9.17, 15) is 9.90 Å². The summed E-state index contributed by atoms with van der Waals surface area (Å²) in [6.07, 6.45) is 3.38. The van der Waals surface area contributed by atoms with Crippen molar-refractivity contribution >= 4 is 5.91 Å². The van der Waals surface area contributed by atoms with Gasteiger partial charge < -0.3 is 15.2 Å². The van der Waals surface area contributed by atoms with E-state index in [1.165, 1.54) is 13.2 Å². The van der Waals surface area contributed by atoms with Gasteiger partial charge in [0.2, 0.25) is 0 Å². The van der Waals surface area contributed by atoms with Crippen LogP contribution in [0.15, 0.2) is 42.7 Å². The minimum atomic E-state index is -0.265. The highest BCUT2D eigenvalue weighted by Crippen LogP contribution is 2.26. The molecule has 0 radical (unpaired) electrons. The van der Waals surface area contributed by atoms with Gasteiger partial charge in [0.25, 0.3) is 5.91 Å². The zero-order valence-electron chi connectivity index (χ0n) is 11.3. The fourth-order valence-electron chi connectivity index (χ4n) is 1.83. The Morgan fingerprint density at radius 3 is 2.80 bits per heavy atom. The summed E-state index contributed by atoms with van der Waals surface area (Å²) in [5.41, 5.74) is 1.29. The smallest absolute Gasteiger partial charge is 0.251 e. The molecule has 1 amide bonds. The van der Waals surface area contributed by atoms with Gasteiger partial charge in [-0.3, -0.25) is 9.78 Å². The Balaban J connectivity index is 2.10. The van der Waals surface area contributed by atoms with Crippen molar-refractivity contribution in [3.8, 4) is 11.5 Å². The van der Waals surface area contributed by atoms with Crippen molar-refractivity contribution in [2.75, 3.05) is 7.11 Å². The average molecular weight is 272 g/mol. The van der Waals surface area contributed by atoms with Gasteiger partial charge in [0, 0.05) is 18.0 Å². The first-order valence-corrected chi connectivity index (χ1v) is 6.19. The summed E-state index contributed by atoms with van der Waals surface area (Å²) in [5, 5.41) is 12.5. The fraction of sp³-hybridized carbons (Fsp3) is 0.200. The van der Waals surface area contributed by atoms with Crippen LogP contribution in [0.4, 0.5) is 0 Å². The van der Waals surface area contributed by atoms with E-state index in [0.717, 1.165) is 5.56 Å². The number of ether oxygens (including phenoxy) is 1. The molecule has 104 valence electrons. The van der Waals surface area contributed by atoms with Crippen molar-refractivity contribution in [2.45, 2.75) is 13.0 Å². The molecule has 0 aliphatic heterocycles. The van der Waals surface area contributed by atoms with Crippen LogP contribution in [-0.2, 0) is 0 Å². The van der Waals surface area contributed by atoms with Gasteiger partial charge in [-0.15, -0.1) is 0 Å². The van der Waals surface area contributed by atoms with E-state index in [1.807, 2.05) is 19.1 Å². The van der Waals surface area contributed by atoms with E-state index in [-0.39, 0.29) is 17.7 Å². The predicted molar refractivity (Wildman–Crippen MR) is 74.8 cm³/mol. The number of pyridine rings is 1. The molecule has 0 saturated carbocycles. The normalized spacial score (nSPS) is 11.7. The molecule has 0 aliphatic rings. The van der Waals surface area contributed by atoms with E-state index in [0.29, 0.717) is 11.3 Å². The number of aromatic nitrogens is 1. The fourth-order valence-corrected chi connectivity index (χ4v) is 1.83. The van der Waals surface area contributed by atoms with Gasteiger partial charge >= 0.3 is 0 Å². The van der Waals surface area contributed by atoms with E-state index in [4.69, 9.17) is 4.74 Å². The van der Waals surface area contributed by atoms with E-state index in [2.05, 4.69) is 10.3 Å². The number of carbonyl (C=O) groups is 1. The summed E-state index contributed by atoms with van der Waals surface area (Å²) < 4.78 is 4.94. The number of benzene rings is 1. The first-order valence-electron chi connectivity index (χ1n) is 6.19. The van der Waals surface area contributed by atoms with Crippen molar-refractivity contribution in [3.63, 3.8) is 0 Å². The molecule has 1 aromatic carbocycles. The molecule has 20 heavy (non-hydrogen) atoms. The lowest BCUT2D eigenvalue weighted by Gasteiger charge is -2.14. The van der Waals surface area contributed by atoms with Crippen LogP contribution in [0.3, 0.4) is 0 Å². The topological polar surface area (TPSA) is 71.5 Å². The predicted octanol–water partition coefficient (Wildman–Crippen LogP) is 2.29. The van der Waals surface area contributed by atoms with Crippen molar-refractivity contribution in [3.05, 3.63) is 53.9 Å². The average Bonchev–Trinajstić information content (AvgIpc) is 2.48. The molecule has 0 bridgehead atoms. The Hall–Kier alpha value is -2.56. The highest BCUT2D eigenvalue weighted by molar-refractivity contribution is 5.95. The lowest BCUT2D eigenvalue weighted by Crippen LogP contribution is -2.26. The molecule has 2 aromatic rings. The summed E-state index contributed by atoms with van der Waals surface area (Å²) in [6, 6.07) is 8.08. The van der Waals surface area contributed by atoms with Crippen molar-refractivity contribution in [2.24, 2.45) is 0 Å². The Morgan fingerprint density at radius 1 is 1.40 bits per heavy atom. The van der Waals surface area contributed by atoms with Crippen LogP contribution in [0.1, 0.15) is 28.9 Å². The number of nitrogens with zero attached hydrogens (tertiary/aromatic N) is 1. The number of amides is 1. The summed E-state index contributed by atoms with van der Waals surface area (Å²) in [6.45, 7) is 1.87. The monoisotopic (exact) mass is 272 g/mol. The lowest BCUT2D eigenvalue weighted by molar-refractivity contribution is 0.0939. The van der Waals surface area contributed by atoms with Crippen molar-refractivity contribution in [1.82, 2.24) is 10.3 Å². The molecule has 2 N–H and O–H groups in total. The number of phenols is 1. The second kappa shape index (κ2) is 6.06. The van der Waals surface area contributed by atoms with E-state index < -0.39 is 0 Å². The zero-order chi connectivity index (χ0) is 14.5. The molecule has 5 nitrogen and oxygen atoms in total. The standard InChI is InChI=1S/C15H16N2O3/c1-10(12-4-3-7-16-9-12)17-15(19)11-5-6-14(20-2)13(18)8-11/h3-10,18H,1-2H3,(H,17,19). The largest absolute Gasteiger partial charge is 0.504 e. The van der Waals surface area contributed by atoms with Gasteiger partial charge in [-0.25, -0.2) is 0 Å². The number of hydrogen-bond acceptors (Lipinski definition) is 4. The van der Waals surface area contributed by atoms with Crippen LogP contribution in [0, 0.1) is 0 Å². The number of methoxy groups -OCH3 is 1. The molecule has 0 aliphatic carbocycles. The molecule has 1 aromatic heterocycles. The van der Waals surface area contributed by atoms with Crippen LogP contribution in [-0.4, -0.2) is 23.1 Å². The number of phenolic OH excluding ortho intramolecular Hbond substituents is 1. The van der Waals surface area contributed by atoms with Gasteiger partial charge in [0.1, 0.15) is 0 Å². The van der Waals surface area contributed by atoms with Gasteiger partial charge in [-0.05, 0) is 36.8 Å². The van der Waals surface area contributed by atoms with E-state index >= 15 is 0 Å². The third-order valence-corrected chi connectivity index (χ3v) is 2.97. The third kappa shape index (κ3) is 3.06. The quantitative estimate of drug-likeness (QED) is 0.895. The molecular formula is C15H16N2O3. The minimum Gasteiger partial charge on any atom is -0.504 e. The maximum atomic E-state index is 12.1. The highest BCUT2D eigenvalue weighted by atomic mass is 16.5. The summed E-state index contributed by atoms with van der Waals surface area (Å²) in [7, 11) is 1.46. The molecule has 1 heterocycles. The van der Waals surface area contributed by atoms with Gasteiger partial charge in [0.05, 0.1) is 13.2 Å². The summed E-state index contributed by atoms with van der Waals surface area (Å²) in [4.78, 5) is 16.1. The van der Waals surface area contributed by atoms with Crippen molar-refractivity contribution in [1.29, 1.82) is 0 Å². The Labute approximate surface area is 117 Å². The van der Waals surface area contributed by atoms with E-state index in [1.54, 1.807) is 24.5 Å². The Bertz CT molecular complexity index is 599. The van der Waals surface area contributed by atoms with Gasteiger partial charge in [-0.1, -0.05) is 6.07 Å². The van der Waals surface area contributed by atoms with Crippen LogP contribution >= 0.6 is 0 Å². The van der Waals surface area contributed by atoms with Crippen LogP contribution < -0.4 is 10.1 Å². The Morgan fingerprint density at radius 2 is 2.20 bits per heavy atom. The molecule has 5 heteroatoms. The molecule has 0 spiro atoms. The lowest BCUT2D eigenvalue weighted by atomic mass is 10.1. The van der Waals surface area contributed by atoms with Gasteiger partial charge in [0.15, 0.2) is 11.5 Å². The molecular weight excluding hydrogens is 256 g/mol. The maximum Gasteiger partial charge on any atom is 0.251 e. The number of nitrogens with one attached hydrogen (secondary N) is 1. The summed E-state index contributed by atoms with van der Waals surface area (Å²) in [5.74, 6) is 0.00958. The first-order chi connectivity index (χ1) is 9.61. The van der Waals surface area contributed by atoms with Crippen LogP contribution in [0.5, 0.6) is 11.5 Å². The zero-order valence-corrected chi connectivity index (χ0v) is 11.3. The number of hydrogen-bond donors (Lipinski definition) is 2. The van der Waals surface area contributed by atoms with Crippen LogP contribution in [0.2, 0.25) is 0 Å². The molecule has 2 rings (SSSR count). The van der Waals surface area contributed by atoms with Gasteiger partial charge in [-0.2, -0.15) is 0 Å². The molecule has 0 fully saturated rings. The molecule has 1 atom stereocenters. The first kappa shape index (κ1) is 13.9. The minimum absolute atomic E-state index is 0.0609.